The van der Waals surface area contributed by atoms with Gasteiger partial charge in [-0.15, -0.1) is 0 Å². The fourth-order valence-corrected chi connectivity index (χ4v) is 3.22. The quantitative estimate of drug-likeness (QED) is 0.343. The van der Waals surface area contributed by atoms with Crippen LogP contribution >= 0.6 is 0 Å². The number of nitrogens with one attached hydrogen (secondary N) is 2. The van der Waals surface area contributed by atoms with Gasteiger partial charge in [0.2, 0.25) is 0 Å². The molecule has 2 aromatic heterocycles. The fourth-order valence-electron chi connectivity index (χ4n) is 3.22. The van der Waals surface area contributed by atoms with Crippen LogP contribution in [-0.4, -0.2) is 39.8 Å². The molecular weight excluding hydrogens is 375 g/mol. The van der Waals surface area contributed by atoms with Gasteiger partial charge in [0.15, 0.2) is 0 Å². The Kier molecular flexibility index (Phi) is 4.86. The Morgan fingerprint density at radius 3 is 1.66 bits per heavy atom. The normalized spacial score (nSPS) is 10.9. The maximum Gasteiger partial charge on any atom is 0.658 e. The van der Waals surface area contributed by atoms with Gasteiger partial charge in [-0.05, 0) is 47.5 Å². The predicted molar refractivity (Wildman–Crippen MR) is 106 cm³/mol. The Labute approximate surface area is 165 Å². The number of aromatic amines is 2. The second-order valence-electron chi connectivity index (χ2n) is 6.52. The lowest BCUT2D eigenvalue weighted by molar-refractivity contribution is -0.137. The molecule has 9 heteroatoms. The molecule has 0 fully saturated rings. The Morgan fingerprint density at radius 2 is 1.24 bits per heavy atom. The predicted octanol–water partition coefficient (Wildman–Crippen LogP) is 2.90. The second-order valence-corrected chi connectivity index (χ2v) is 6.52. The Morgan fingerprint density at radius 1 is 0.793 bits per heavy atom. The van der Waals surface area contributed by atoms with Gasteiger partial charge in [0.05, 0.1) is 12.8 Å². The average Bonchev–Trinajstić information content (AvgIpc) is 3.25. The first kappa shape index (κ1) is 18.5. The second kappa shape index (κ2) is 7.63. The van der Waals surface area contributed by atoms with Crippen molar-refractivity contribution in [3.63, 3.8) is 0 Å². The minimum atomic E-state index is -0.908. The zero-order chi connectivity index (χ0) is 20.4. The van der Waals surface area contributed by atoms with Crippen LogP contribution in [0.4, 0.5) is 0 Å². The van der Waals surface area contributed by atoms with Gasteiger partial charge in [-0.25, -0.2) is 0 Å². The minimum Gasteiger partial charge on any atom is -0.526 e. The average molecular weight is 391 g/mol. The number of carboxylic acids is 2. The molecule has 1 radical (unpaired) electrons. The third-order valence-corrected chi connectivity index (χ3v) is 4.53. The number of rotatable bonds is 8. The number of aliphatic carboxylic acids is 2. The number of carboxylic acid groups (broad SMARTS) is 2. The maximum atomic E-state index is 11.0. The number of H-pyrrole nitrogens is 2. The van der Waals surface area contributed by atoms with E-state index in [-0.39, 0.29) is 12.8 Å². The molecule has 0 amide bonds. The largest absolute Gasteiger partial charge is 0.658 e. The van der Waals surface area contributed by atoms with Crippen LogP contribution in [0, 0.1) is 0 Å². The van der Waals surface area contributed by atoms with Crippen molar-refractivity contribution in [2.75, 3.05) is 0 Å². The smallest absolute Gasteiger partial charge is 0.526 e. The van der Waals surface area contributed by atoms with Crippen LogP contribution in [-0.2, 0) is 22.4 Å². The number of carbonyl (C=O) groups is 2. The van der Waals surface area contributed by atoms with Crippen molar-refractivity contribution >= 4 is 41.4 Å². The first-order chi connectivity index (χ1) is 14.0. The van der Waals surface area contributed by atoms with Gasteiger partial charge in [0, 0.05) is 34.2 Å². The van der Waals surface area contributed by atoms with Crippen LogP contribution in [0.2, 0.25) is 0 Å². The topological polar surface area (TPSA) is 125 Å². The molecule has 0 aliphatic rings. The highest BCUT2D eigenvalue weighted by Crippen LogP contribution is 2.26. The van der Waals surface area contributed by atoms with Gasteiger partial charge in [0.1, 0.15) is 11.5 Å². The van der Waals surface area contributed by atoms with E-state index in [4.69, 9.17) is 19.5 Å². The van der Waals surface area contributed by atoms with E-state index in [1.807, 2.05) is 0 Å². The number of hydrogen-bond donors (Lipinski definition) is 4. The van der Waals surface area contributed by atoms with E-state index in [1.54, 1.807) is 48.8 Å². The van der Waals surface area contributed by atoms with Crippen molar-refractivity contribution in [1.82, 2.24) is 9.97 Å². The van der Waals surface area contributed by atoms with Gasteiger partial charge in [-0.3, -0.25) is 9.59 Å². The zero-order valence-corrected chi connectivity index (χ0v) is 15.1. The standard InChI is InChI=1S/C20H16BN2O6/c24-19(25)5-11-9-22-17-3-1-13(7-15(11)17)28-21-29-14-2-4-18-16(8-14)12(10-23-18)6-20(26)27/h1-4,7-10,22-23H,5-6H2,(H,24,25)(H,26,27). The molecule has 0 bridgehead atoms. The summed E-state index contributed by atoms with van der Waals surface area (Å²) < 4.78 is 11.1. The lowest BCUT2D eigenvalue weighted by atomic mass is 10.1. The number of fused-ring (bicyclic) bond motifs is 2. The summed E-state index contributed by atoms with van der Waals surface area (Å²) in [6, 6.07) is 10.6. The molecule has 4 aromatic rings. The van der Waals surface area contributed by atoms with E-state index >= 15 is 0 Å². The van der Waals surface area contributed by atoms with E-state index in [0.29, 0.717) is 22.6 Å². The van der Waals surface area contributed by atoms with Crippen molar-refractivity contribution in [3.8, 4) is 11.5 Å². The van der Waals surface area contributed by atoms with Crippen molar-refractivity contribution in [2.24, 2.45) is 0 Å². The summed E-state index contributed by atoms with van der Waals surface area (Å²) in [6.07, 6.45) is 3.17. The van der Waals surface area contributed by atoms with Crippen LogP contribution in [0.25, 0.3) is 21.8 Å². The van der Waals surface area contributed by atoms with E-state index < -0.39 is 11.9 Å². The SMILES string of the molecule is O=C(O)Cc1c[nH]c2ccc(O[B]Oc3ccc4[nH]cc(CC(=O)O)c4c3)cc12. The van der Waals surface area contributed by atoms with Gasteiger partial charge in [-0.1, -0.05) is 0 Å². The summed E-state index contributed by atoms with van der Waals surface area (Å²) in [7, 11) is 1.18. The van der Waals surface area contributed by atoms with E-state index in [9.17, 15) is 9.59 Å². The monoisotopic (exact) mass is 391 g/mol. The van der Waals surface area contributed by atoms with Crippen LogP contribution in [0.5, 0.6) is 11.5 Å². The molecule has 2 heterocycles. The van der Waals surface area contributed by atoms with Gasteiger partial charge >= 0.3 is 19.6 Å². The van der Waals surface area contributed by atoms with Crippen molar-refractivity contribution in [1.29, 1.82) is 0 Å². The van der Waals surface area contributed by atoms with Gasteiger partial charge in [-0.2, -0.15) is 0 Å². The molecular formula is C20H16BN2O6. The third-order valence-electron chi connectivity index (χ3n) is 4.53. The molecule has 0 saturated carbocycles. The lowest BCUT2D eigenvalue weighted by Gasteiger charge is -2.07. The molecule has 4 N–H and O–H groups in total. The minimum absolute atomic E-state index is 0.0843. The molecule has 0 aliphatic heterocycles. The van der Waals surface area contributed by atoms with Crippen molar-refractivity contribution < 1.29 is 29.1 Å². The highest BCUT2D eigenvalue weighted by atomic mass is 16.6. The first-order valence-electron chi connectivity index (χ1n) is 8.78. The van der Waals surface area contributed by atoms with E-state index in [1.165, 1.54) is 7.69 Å². The summed E-state index contributed by atoms with van der Waals surface area (Å²) in [5.41, 5.74) is 2.97. The third kappa shape index (κ3) is 4.03. The van der Waals surface area contributed by atoms with Gasteiger partial charge in [0.25, 0.3) is 0 Å². The molecule has 0 saturated heterocycles. The molecule has 2 aromatic carbocycles. The fraction of sp³-hybridized carbons (Fsp3) is 0.100. The highest BCUT2D eigenvalue weighted by molar-refractivity contribution is 6.21. The van der Waals surface area contributed by atoms with Gasteiger partial charge < -0.3 is 29.5 Å². The molecule has 29 heavy (non-hydrogen) atoms. The lowest BCUT2D eigenvalue weighted by Crippen LogP contribution is -2.10. The summed E-state index contributed by atoms with van der Waals surface area (Å²) in [6.45, 7) is 0. The molecule has 4 rings (SSSR count). The Hall–Kier alpha value is -3.88. The van der Waals surface area contributed by atoms with Crippen molar-refractivity contribution in [3.05, 3.63) is 59.9 Å². The number of hydrogen-bond acceptors (Lipinski definition) is 4. The first-order valence-corrected chi connectivity index (χ1v) is 8.78. The van der Waals surface area contributed by atoms with Crippen LogP contribution in [0.15, 0.2) is 48.8 Å². The summed E-state index contributed by atoms with van der Waals surface area (Å²) in [4.78, 5) is 28.0. The summed E-state index contributed by atoms with van der Waals surface area (Å²) in [5.74, 6) is -0.819. The van der Waals surface area contributed by atoms with Crippen LogP contribution in [0.1, 0.15) is 11.1 Å². The number of aromatic nitrogens is 2. The molecule has 145 valence electrons. The Bertz CT molecular complexity index is 1120. The van der Waals surface area contributed by atoms with E-state index in [2.05, 4.69) is 9.97 Å². The van der Waals surface area contributed by atoms with Crippen LogP contribution < -0.4 is 9.31 Å². The summed E-state index contributed by atoms with van der Waals surface area (Å²) >= 11 is 0. The van der Waals surface area contributed by atoms with E-state index in [0.717, 1.165) is 21.8 Å². The highest BCUT2D eigenvalue weighted by Gasteiger charge is 2.11. The Balaban J connectivity index is 1.45. The number of benzene rings is 2. The maximum absolute atomic E-state index is 11.0. The molecule has 0 unspecified atom stereocenters. The molecule has 8 nitrogen and oxygen atoms in total. The molecule has 0 aliphatic carbocycles. The molecule has 0 spiro atoms. The zero-order valence-electron chi connectivity index (χ0n) is 15.1. The molecule has 0 atom stereocenters. The van der Waals surface area contributed by atoms with Crippen molar-refractivity contribution in [2.45, 2.75) is 12.8 Å². The summed E-state index contributed by atoms with van der Waals surface area (Å²) in [5, 5.41) is 19.5. The van der Waals surface area contributed by atoms with Crippen LogP contribution in [0.3, 0.4) is 0 Å².